The fourth-order valence-corrected chi connectivity index (χ4v) is 4.31. The van der Waals surface area contributed by atoms with Crippen molar-refractivity contribution in [1.29, 1.82) is 0 Å². The van der Waals surface area contributed by atoms with Gasteiger partial charge in [0.15, 0.2) is 0 Å². The number of carbonyl (C=O) groups is 1. The number of nitrogens with one attached hydrogen (secondary N) is 1. The van der Waals surface area contributed by atoms with E-state index in [9.17, 15) is 4.79 Å². The van der Waals surface area contributed by atoms with Crippen molar-refractivity contribution in [2.75, 3.05) is 53.4 Å². The van der Waals surface area contributed by atoms with E-state index < -0.39 is 0 Å². The Bertz CT molecular complexity index is 331. The van der Waals surface area contributed by atoms with Crippen molar-refractivity contribution in [2.24, 2.45) is 0 Å². The van der Waals surface area contributed by atoms with Crippen LogP contribution in [0.1, 0.15) is 13.8 Å². The van der Waals surface area contributed by atoms with Gasteiger partial charge in [-0.1, -0.05) is 13.8 Å². The molecule has 3 atom stereocenters. The van der Waals surface area contributed by atoms with E-state index in [-0.39, 0.29) is 6.03 Å². The van der Waals surface area contributed by atoms with Gasteiger partial charge in [-0.2, -0.15) is 11.8 Å². The molecular weight excluding hydrogens is 272 g/mol. The summed E-state index contributed by atoms with van der Waals surface area (Å²) in [5, 5.41) is 4.19. The number of amides is 2. The molecular formula is C14H28N4OS. The highest BCUT2D eigenvalue weighted by Crippen LogP contribution is 2.24. The molecule has 0 saturated carbocycles. The molecule has 2 saturated heterocycles. The lowest BCUT2D eigenvalue weighted by atomic mass is 10.2. The summed E-state index contributed by atoms with van der Waals surface area (Å²) < 4.78 is 0. The molecule has 2 aliphatic heterocycles. The Balaban J connectivity index is 1.79. The van der Waals surface area contributed by atoms with Crippen molar-refractivity contribution < 1.29 is 4.79 Å². The highest BCUT2D eigenvalue weighted by atomic mass is 32.2. The van der Waals surface area contributed by atoms with Crippen LogP contribution in [-0.4, -0.2) is 90.6 Å². The van der Waals surface area contributed by atoms with Crippen molar-refractivity contribution in [3.8, 4) is 0 Å². The van der Waals surface area contributed by atoms with E-state index in [2.05, 4.69) is 43.1 Å². The fourth-order valence-electron chi connectivity index (χ4n) is 2.98. The summed E-state index contributed by atoms with van der Waals surface area (Å²) in [5.74, 6) is 0. The van der Waals surface area contributed by atoms with Crippen LogP contribution in [0.2, 0.25) is 0 Å². The minimum atomic E-state index is 0.102. The largest absolute Gasteiger partial charge is 0.336 e. The van der Waals surface area contributed by atoms with Crippen molar-refractivity contribution in [2.45, 2.75) is 30.4 Å². The van der Waals surface area contributed by atoms with Gasteiger partial charge >= 0.3 is 6.03 Å². The molecule has 0 radical (unpaired) electrons. The topological polar surface area (TPSA) is 38.8 Å². The molecule has 20 heavy (non-hydrogen) atoms. The first-order valence-electron chi connectivity index (χ1n) is 7.52. The Hall–Kier alpha value is -0.460. The van der Waals surface area contributed by atoms with E-state index in [1.54, 1.807) is 0 Å². The van der Waals surface area contributed by atoms with E-state index >= 15 is 0 Å². The van der Waals surface area contributed by atoms with Gasteiger partial charge in [-0.25, -0.2) is 4.79 Å². The van der Waals surface area contributed by atoms with E-state index in [1.165, 1.54) is 0 Å². The number of hydrogen-bond donors (Lipinski definition) is 1. The summed E-state index contributed by atoms with van der Waals surface area (Å²) >= 11 is 1.97. The molecule has 0 bridgehead atoms. The third-order valence-electron chi connectivity index (χ3n) is 4.18. The summed E-state index contributed by atoms with van der Waals surface area (Å²) in [6.45, 7) is 10.1. The Kier molecular flexibility index (Phi) is 5.57. The van der Waals surface area contributed by atoms with Gasteiger partial charge in [0.1, 0.15) is 0 Å². The van der Waals surface area contributed by atoms with E-state index in [4.69, 9.17) is 0 Å². The zero-order chi connectivity index (χ0) is 14.7. The SMILES string of the molecule is CC1CN(C(=O)NCC2CN(C)CCN2C)CC(C)S1. The number of thioether (sulfide) groups is 1. The normalized spacial score (nSPS) is 33.2. The van der Waals surface area contributed by atoms with Gasteiger partial charge in [-0.15, -0.1) is 0 Å². The molecule has 5 nitrogen and oxygen atoms in total. The van der Waals surface area contributed by atoms with E-state index in [1.807, 2.05) is 16.7 Å². The van der Waals surface area contributed by atoms with Crippen LogP contribution in [0.3, 0.4) is 0 Å². The molecule has 2 fully saturated rings. The lowest BCUT2D eigenvalue weighted by Crippen LogP contribution is -2.56. The van der Waals surface area contributed by atoms with Crippen LogP contribution >= 0.6 is 11.8 Å². The van der Waals surface area contributed by atoms with Crippen LogP contribution in [0.4, 0.5) is 4.79 Å². The predicted octanol–water partition coefficient (Wildman–Crippen LogP) is 0.768. The van der Waals surface area contributed by atoms with Crippen LogP contribution in [-0.2, 0) is 0 Å². The van der Waals surface area contributed by atoms with Gasteiger partial charge in [0.2, 0.25) is 0 Å². The van der Waals surface area contributed by atoms with E-state index in [0.717, 1.165) is 39.3 Å². The zero-order valence-corrected chi connectivity index (χ0v) is 13.9. The molecule has 116 valence electrons. The van der Waals surface area contributed by atoms with Gasteiger partial charge in [0, 0.05) is 55.8 Å². The van der Waals surface area contributed by atoms with Gasteiger partial charge in [-0.3, -0.25) is 4.90 Å². The van der Waals surface area contributed by atoms with Gasteiger partial charge in [-0.05, 0) is 14.1 Å². The Morgan fingerprint density at radius 3 is 2.45 bits per heavy atom. The average molecular weight is 300 g/mol. The lowest BCUT2D eigenvalue weighted by Gasteiger charge is -2.39. The van der Waals surface area contributed by atoms with Crippen LogP contribution in [0, 0.1) is 0 Å². The molecule has 0 aliphatic carbocycles. The number of urea groups is 1. The first kappa shape index (κ1) is 15.9. The molecule has 0 aromatic heterocycles. The highest BCUT2D eigenvalue weighted by molar-refractivity contribution is 8.00. The minimum Gasteiger partial charge on any atom is -0.336 e. The van der Waals surface area contributed by atoms with Gasteiger partial charge in [0.25, 0.3) is 0 Å². The smallest absolute Gasteiger partial charge is 0.317 e. The second-order valence-electron chi connectivity index (χ2n) is 6.25. The summed E-state index contributed by atoms with van der Waals surface area (Å²) in [7, 11) is 4.29. The first-order chi connectivity index (χ1) is 9.45. The molecule has 6 heteroatoms. The molecule has 2 heterocycles. The maximum Gasteiger partial charge on any atom is 0.317 e. The van der Waals surface area contributed by atoms with Crippen LogP contribution in [0.5, 0.6) is 0 Å². The standard InChI is InChI=1S/C14H28N4OS/c1-11-8-18(9-12(2)20-11)14(19)15-7-13-10-16(3)5-6-17(13)4/h11-13H,5-10H2,1-4H3,(H,15,19). The van der Waals surface area contributed by atoms with Crippen LogP contribution < -0.4 is 5.32 Å². The lowest BCUT2D eigenvalue weighted by molar-refractivity contribution is 0.112. The maximum absolute atomic E-state index is 12.3. The van der Waals surface area contributed by atoms with Crippen molar-refractivity contribution >= 4 is 17.8 Å². The predicted molar refractivity (Wildman–Crippen MR) is 85.4 cm³/mol. The number of rotatable bonds is 2. The molecule has 2 aliphatic rings. The number of carbonyl (C=O) groups excluding carboxylic acids is 1. The summed E-state index contributed by atoms with van der Waals surface area (Å²) in [6.07, 6.45) is 0. The Labute approximate surface area is 127 Å². The summed E-state index contributed by atoms with van der Waals surface area (Å²) in [4.78, 5) is 18.9. The number of likely N-dealkylation sites (N-methyl/N-ethyl adjacent to an activating group) is 2. The summed E-state index contributed by atoms with van der Waals surface area (Å²) in [6, 6.07) is 0.525. The quantitative estimate of drug-likeness (QED) is 0.817. The van der Waals surface area contributed by atoms with Crippen LogP contribution in [0.15, 0.2) is 0 Å². The molecule has 1 N–H and O–H groups in total. The molecule has 3 unspecified atom stereocenters. The number of piperazine rings is 1. The molecule has 2 amide bonds. The second-order valence-corrected chi connectivity index (χ2v) is 8.13. The fraction of sp³-hybridized carbons (Fsp3) is 0.929. The van der Waals surface area contributed by atoms with E-state index in [0.29, 0.717) is 16.5 Å². The monoisotopic (exact) mass is 300 g/mol. The molecule has 2 rings (SSSR count). The average Bonchev–Trinajstić information content (AvgIpc) is 2.38. The van der Waals surface area contributed by atoms with Crippen molar-refractivity contribution in [1.82, 2.24) is 20.0 Å². The zero-order valence-electron chi connectivity index (χ0n) is 13.1. The Morgan fingerprint density at radius 1 is 1.15 bits per heavy atom. The third kappa shape index (κ3) is 4.27. The van der Waals surface area contributed by atoms with Crippen molar-refractivity contribution in [3.05, 3.63) is 0 Å². The number of hydrogen-bond acceptors (Lipinski definition) is 4. The van der Waals surface area contributed by atoms with Crippen LogP contribution in [0.25, 0.3) is 0 Å². The third-order valence-corrected chi connectivity index (χ3v) is 5.40. The number of nitrogens with zero attached hydrogens (tertiary/aromatic N) is 3. The van der Waals surface area contributed by atoms with Gasteiger partial charge < -0.3 is 15.1 Å². The second kappa shape index (κ2) is 7.00. The minimum absolute atomic E-state index is 0.102. The molecule has 0 spiro atoms. The Morgan fingerprint density at radius 2 is 1.80 bits per heavy atom. The van der Waals surface area contributed by atoms with Gasteiger partial charge in [0.05, 0.1) is 0 Å². The maximum atomic E-state index is 12.3. The highest BCUT2D eigenvalue weighted by Gasteiger charge is 2.27. The van der Waals surface area contributed by atoms with Crippen molar-refractivity contribution in [3.63, 3.8) is 0 Å². The summed E-state index contributed by atoms with van der Waals surface area (Å²) in [5.41, 5.74) is 0. The first-order valence-corrected chi connectivity index (χ1v) is 8.47. The molecule has 0 aromatic carbocycles. The molecule has 0 aromatic rings.